The Hall–Kier alpha value is -0.620. The van der Waals surface area contributed by atoms with Gasteiger partial charge in [0.15, 0.2) is 9.84 Å². The minimum Gasteiger partial charge on any atom is -0.356 e. The molecule has 0 aliphatic rings. The number of carbonyl (C=O) groups excluding carboxylic acids is 1. The second-order valence-electron chi connectivity index (χ2n) is 3.30. The van der Waals surface area contributed by atoms with E-state index in [0.717, 1.165) is 0 Å². The van der Waals surface area contributed by atoms with Gasteiger partial charge in [0, 0.05) is 19.0 Å². The number of hydrogen-bond acceptors (Lipinski definition) is 4. The molecule has 0 saturated heterocycles. The molecule has 1 unspecified atom stereocenters. The summed E-state index contributed by atoms with van der Waals surface area (Å²) in [5.74, 6) is -0.423. The molecule has 0 aromatic rings. The van der Waals surface area contributed by atoms with E-state index in [9.17, 15) is 13.2 Å². The van der Waals surface area contributed by atoms with Gasteiger partial charge in [-0.1, -0.05) is 0 Å². The zero-order valence-electron chi connectivity index (χ0n) is 8.62. The van der Waals surface area contributed by atoms with Crippen LogP contribution in [0.1, 0.15) is 20.3 Å². The molecule has 3 N–H and O–H groups in total. The van der Waals surface area contributed by atoms with Crippen molar-refractivity contribution in [1.82, 2.24) is 5.32 Å². The summed E-state index contributed by atoms with van der Waals surface area (Å²) in [7, 11) is -3.18. The third-order valence-electron chi connectivity index (χ3n) is 1.53. The summed E-state index contributed by atoms with van der Waals surface area (Å²) in [6.07, 6.45) is 0.0168. The first-order chi connectivity index (χ1) is 6.37. The predicted octanol–water partition coefficient (Wildman–Crippen LogP) is -0.725. The van der Waals surface area contributed by atoms with Crippen LogP contribution in [0.25, 0.3) is 0 Å². The molecular formula is C8H18N2O3S. The van der Waals surface area contributed by atoms with Crippen LogP contribution in [0.3, 0.4) is 0 Å². The van der Waals surface area contributed by atoms with Crippen LogP contribution >= 0.6 is 0 Å². The number of carbonyl (C=O) groups is 1. The van der Waals surface area contributed by atoms with E-state index >= 15 is 0 Å². The Labute approximate surface area is 85.0 Å². The molecule has 0 saturated carbocycles. The number of nitrogens with one attached hydrogen (secondary N) is 1. The van der Waals surface area contributed by atoms with Crippen LogP contribution in [0, 0.1) is 0 Å². The highest BCUT2D eigenvalue weighted by Crippen LogP contribution is 1.96. The first-order valence-corrected chi connectivity index (χ1v) is 6.42. The van der Waals surface area contributed by atoms with Gasteiger partial charge in [-0.05, 0) is 13.8 Å². The van der Waals surface area contributed by atoms with Gasteiger partial charge < -0.3 is 11.1 Å². The first-order valence-electron chi connectivity index (χ1n) is 4.60. The Balaban J connectivity index is 3.94. The van der Waals surface area contributed by atoms with Gasteiger partial charge in [-0.15, -0.1) is 0 Å². The van der Waals surface area contributed by atoms with E-state index in [1.165, 1.54) is 0 Å². The molecule has 0 aliphatic heterocycles. The van der Waals surface area contributed by atoms with Gasteiger partial charge in [-0.25, -0.2) is 8.42 Å². The highest BCUT2D eigenvalue weighted by atomic mass is 32.2. The number of sulfone groups is 1. The van der Waals surface area contributed by atoms with Crippen LogP contribution in [0.2, 0.25) is 0 Å². The molecule has 0 bridgehead atoms. The molecule has 14 heavy (non-hydrogen) atoms. The molecule has 0 fully saturated rings. The lowest BCUT2D eigenvalue weighted by Crippen LogP contribution is -2.30. The summed E-state index contributed by atoms with van der Waals surface area (Å²) in [5.41, 5.74) is 5.36. The van der Waals surface area contributed by atoms with Crippen LogP contribution in [0.15, 0.2) is 0 Å². The van der Waals surface area contributed by atoms with E-state index in [1.807, 2.05) is 0 Å². The lowest BCUT2D eigenvalue weighted by atomic mass is 10.4. The maximum Gasteiger partial charge on any atom is 0.221 e. The molecule has 1 atom stereocenters. The van der Waals surface area contributed by atoms with Crippen molar-refractivity contribution in [3.8, 4) is 0 Å². The van der Waals surface area contributed by atoms with E-state index in [-0.39, 0.29) is 29.9 Å². The summed E-state index contributed by atoms with van der Waals surface area (Å²) in [5, 5.41) is 2.54. The number of amides is 1. The molecule has 0 aromatic heterocycles. The monoisotopic (exact) mass is 222 g/mol. The lowest BCUT2D eigenvalue weighted by molar-refractivity contribution is -0.120. The van der Waals surface area contributed by atoms with Crippen molar-refractivity contribution in [2.24, 2.45) is 5.73 Å². The van der Waals surface area contributed by atoms with Crippen molar-refractivity contribution in [3.63, 3.8) is 0 Å². The number of rotatable bonds is 6. The fraction of sp³-hybridized carbons (Fsp3) is 0.875. The molecule has 0 spiro atoms. The van der Waals surface area contributed by atoms with Crippen LogP contribution in [-0.4, -0.2) is 38.4 Å². The van der Waals surface area contributed by atoms with E-state index in [1.54, 1.807) is 13.8 Å². The summed E-state index contributed by atoms with van der Waals surface area (Å²) in [6, 6.07) is -0.380. The Kier molecular flexibility index (Phi) is 5.71. The maximum absolute atomic E-state index is 11.3. The van der Waals surface area contributed by atoms with Crippen LogP contribution in [0.5, 0.6) is 0 Å². The Morgan fingerprint density at radius 1 is 1.50 bits per heavy atom. The third kappa shape index (κ3) is 6.85. The smallest absolute Gasteiger partial charge is 0.221 e. The van der Waals surface area contributed by atoms with Crippen molar-refractivity contribution in [2.45, 2.75) is 26.3 Å². The van der Waals surface area contributed by atoms with Crippen molar-refractivity contribution in [2.75, 3.05) is 18.1 Å². The Morgan fingerprint density at radius 2 is 2.07 bits per heavy atom. The second-order valence-corrected chi connectivity index (χ2v) is 5.52. The molecule has 0 rings (SSSR count). The fourth-order valence-corrected chi connectivity index (χ4v) is 2.48. The lowest BCUT2D eigenvalue weighted by Gasteiger charge is -2.06. The van der Waals surface area contributed by atoms with Crippen molar-refractivity contribution >= 4 is 15.7 Å². The Bertz CT molecular complexity index is 272. The van der Waals surface area contributed by atoms with E-state index in [4.69, 9.17) is 5.73 Å². The summed E-state index contributed by atoms with van der Waals surface area (Å²) in [6.45, 7) is 3.93. The molecule has 5 nitrogen and oxygen atoms in total. The zero-order chi connectivity index (χ0) is 11.2. The summed E-state index contributed by atoms with van der Waals surface area (Å²) in [4.78, 5) is 11.0. The molecule has 6 heteroatoms. The van der Waals surface area contributed by atoms with Crippen molar-refractivity contribution in [1.29, 1.82) is 0 Å². The van der Waals surface area contributed by atoms with Gasteiger partial charge in [0.1, 0.15) is 0 Å². The average Bonchev–Trinajstić information content (AvgIpc) is 1.99. The van der Waals surface area contributed by atoms with Crippen molar-refractivity contribution < 1.29 is 13.2 Å². The van der Waals surface area contributed by atoms with Gasteiger partial charge in [0.25, 0.3) is 0 Å². The first kappa shape index (κ1) is 13.4. The van der Waals surface area contributed by atoms with E-state index in [0.29, 0.717) is 6.54 Å². The van der Waals surface area contributed by atoms with Crippen molar-refractivity contribution in [3.05, 3.63) is 0 Å². The third-order valence-corrected chi connectivity index (χ3v) is 3.39. The molecular weight excluding hydrogens is 204 g/mol. The normalized spacial score (nSPS) is 13.6. The maximum atomic E-state index is 11.3. The predicted molar refractivity (Wildman–Crippen MR) is 55.6 cm³/mol. The summed E-state index contributed by atoms with van der Waals surface area (Å²) >= 11 is 0. The molecule has 0 heterocycles. The topological polar surface area (TPSA) is 89.3 Å². The molecule has 0 aliphatic carbocycles. The average molecular weight is 222 g/mol. The highest BCUT2D eigenvalue weighted by molar-refractivity contribution is 7.91. The second kappa shape index (κ2) is 5.98. The Morgan fingerprint density at radius 3 is 2.50 bits per heavy atom. The molecule has 0 aromatic carbocycles. The standard InChI is InChI=1S/C8H18N2O3S/c1-3-10-8(11)4-5-14(12,13)6-7(2)9/h7H,3-6,9H2,1-2H3,(H,10,11). The number of nitrogens with two attached hydrogens (primary N) is 1. The van der Waals surface area contributed by atoms with Crippen LogP contribution < -0.4 is 11.1 Å². The largest absolute Gasteiger partial charge is 0.356 e. The fourth-order valence-electron chi connectivity index (χ4n) is 1.02. The van der Waals surface area contributed by atoms with E-state index in [2.05, 4.69) is 5.32 Å². The number of hydrogen-bond donors (Lipinski definition) is 2. The minimum atomic E-state index is -3.18. The molecule has 84 valence electrons. The summed E-state index contributed by atoms with van der Waals surface area (Å²) < 4.78 is 22.6. The van der Waals surface area contributed by atoms with Gasteiger partial charge >= 0.3 is 0 Å². The van der Waals surface area contributed by atoms with Gasteiger partial charge in [-0.3, -0.25) is 4.79 Å². The van der Waals surface area contributed by atoms with Gasteiger partial charge in [0.2, 0.25) is 5.91 Å². The quantitative estimate of drug-likeness (QED) is 0.620. The van der Waals surface area contributed by atoms with Gasteiger partial charge in [0.05, 0.1) is 11.5 Å². The highest BCUT2D eigenvalue weighted by Gasteiger charge is 2.14. The SMILES string of the molecule is CCNC(=O)CCS(=O)(=O)CC(C)N. The zero-order valence-corrected chi connectivity index (χ0v) is 9.43. The minimum absolute atomic E-state index is 0.0168. The van der Waals surface area contributed by atoms with Crippen LogP contribution in [-0.2, 0) is 14.6 Å². The van der Waals surface area contributed by atoms with Crippen LogP contribution in [0.4, 0.5) is 0 Å². The van der Waals surface area contributed by atoms with E-state index < -0.39 is 9.84 Å². The molecule has 1 amide bonds. The van der Waals surface area contributed by atoms with Gasteiger partial charge in [-0.2, -0.15) is 0 Å². The molecule has 0 radical (unpaired) electrons.